The zero-order chi connectivity index (χ0) is 21.1. The number of aryl methyl sites for hydroxylation is 1. The monoisotopic (exact) mass is 403 g/mol. The number of nitrogens with one attached hydrogen (secondary N) is 1. The topological polar surface area (TPSA) is 112 Å². The first-order valence-electron chi connectivity index (χ1n) is 9.36. The minimum Gasteiger partial charge on any atom is -0.489 e. The third-order valence-corrected chi connectivity index (χ3v) is 4.89. The number of nitrogens with zero attached hydrogens (tertiary/aromatic N) is 6. The second-order valence-electron chi connectivity index (χ2n) is 7.26. The van der Waals surface area contributed by atoms with E-state index in [9.17, 15) is 4.39 Å². The molecule has 0 amide bonds. The largest absolute Gasteiger partial charge is 0.489 e. The molecule has 1 aliphatic rings. The van der Waals surface area contributed by atoms with E-state index in [4.69, 9.17) is 15.3 Å². The second kappa shape index (κ2) is 7.80. The van der Waals surface area contributed by atoms with Gasteiger partial charge in [0.15, 0.2) is 11.6 Å². The molecule has 2 aromatic heterocycles. The minimum absolute atomic E-state index is 0.121. The van der Waals surface area contributed by atoms with E-state index in [0.29, 0.717) is 22.9 Å². The molecule has 0 saturated heterocycles. The summed E-state index contributed by atoms with van der Waals surface area (Å²) in [6, 6.07) is 8.89. The number of ether oxygens (including phenoxy) is 1. The Bertz CT molecular complexity index is 1170. The summed E-state index contributed by atoms with van der Waals surface area (Å²) in [5, 5.41) is 24.9. The highest BCUT2D eigenvalue weighted by molar-refractivity contribution is 5.65. The molecule has 2 heterocycles. The van der Waals surface area contributed by atoms with E-state index in [-0.39, 0.29) is 18.9 Å². The number of hydrogen-bond donors (Lipinski definition) is 1. The number of anilines is 2. The molecule has 0 bridgehead atoms. The van der Waals surface area contributed by atoms with Gasteiger partial charge >= 0.3 is 0 Å². The van der Waals surface area contributed by atoms with Gasteiger partial charge in [-0.2, -0.15) is 15.6 Å². The predicted octanol–water partition coefficient (Wildman–Crippen LogP) is 3.74. The van der Waals surface area contributed by atoms with Gasteiger partial charge < -0.3 is 10.1 Å². The molecule has 4 rings (SSSR count). The number of nitriles is 2. The molecular weight excluding hydrogens is 385 g/mol. The SMILES string of the molecule is Cc1cnc(Nc2cnn(CC#N)c2)nc1-c1ccc(OCC2(C#N)CC2)c(F)c1. The van der Waals surface area contributed by atoms with Gasteiger partial charge in [-0.3, -0.25) is 4.68 Å². The summed E-state index contributed by atoms with van der Waals surface area (Å²) in [7, 11) is 0. The Hall–Kier alpha value is -3.98. The van der Waals surface area contributed by atoms with E-state index in [1.54, 1.807) is 30.7 Å². The van der Waals surface area contributed by atoms with Crippen molar-refractivity contribution in [3.8, 4) is 29.1 Å². The second-order valence-corrected chi connectivity index (χ2v) is 7.26. The number of halogens is 1. The number of hydrogen-bond acceptors (Lipinski definition) is 7. The third-order valence-electron chi connectivity index (χ3n) is 4.89. The lowest BCUT2D eigenvalue weighted by Crippen LogP contribution is -2.11. The van der Waals surface area contributed by atoms with Gasteiger partial charge in [-0.25, -0.2) is 14.4 Å². The van der Waals surface area contributed by atoms with Crippen LogP contribution in [0.15, 0.2) is 36.8 Å². The Labute approximate surface area is 172 Å². The van der Waals surface area contributed by atoms with Crippen LogP contribution in [0.5, 0.6) is 5.75 Å². The van der Waals surface area contributed by atoms with Crippen LogP contribution in [0, 0.1) is 40.8 Å². The molecular formula is C21H18FN7O. The Kier molecular flexibility index (Phi) is 5.03. The summed E-state index contributed by atoms with van der Waals surface area (Å²) >= 11 is 0. The van der Waals surface area contributed by atoms with Crippen molar-refractivity contribution < 1.29 is 9.13 Å². The molecule has 3 aromatic rings. The molecule has 0 radical (unpaired) electrons. The van der Waals surface area contributed by atoms with E-state index in [2.05, 4.69) is 26.5 Å². The molecule has 0 aliphatic heterocycles. The molecule has 150 valence electrons. The van der Waals surface area contributed by atoms with Crippen molar-refractivity contribution in [2.45, 2.75) is 26.3 Å². The maximum atomic E-state index is 14.6. The predicted molar refractivity (Wildman–Crippen MR) is 106 cm³/mol. The quantitative estimate of drug-likeness (QED) is 0.639. The molecule has 8 nitrogen and oxygen atoms in total. The normalized spacial score (nSPS) is 13.9. The molecule has 9 heteroatoms. The van der Waals surface area contributed by atoms with Crippen LogP contribution >= 0.6 is 0 Å². The lowest BCUT2D eigenvalue weighted by atomic mass is 10.1. The smallest absolute Gasteiger partial charge is 0.227 e. The highest BCUT2D eigenvalue weighted by Gasteiger charge is 2.44. The average molecular weight is 403 g/mol. The highest BCUT2D eigenvalue weighted by atomic mass is 19.1. The van der Waals surface area contributed by atoms with Gasteiger partial charge in [0.05, 0.1) is 35.1 Å². The van der Waals surface area contributed by atoms with Crippen LogP contribution in [-0.2, 0) is 6.54 Å². The van der Waals surface area contributed by atoms with Gasteiger partial charge in [0, 0.05) is 18.0 Å². The van der Waals surface area contributed by atoms with Crippen molar-refractivity contribution >= 4 is 11.6 Å². The van der Waals surface area contributed by atoms with E-state index in [1.807, 2.05) is 13.0 Å². The van der Waals surface area contributed by atoms with E-state index < -0.39 is 11.2 Å². The average Bonchev–Trinajstić information content (AvgIpc) is 3.40. The summed E-state index contributed by atoms with van der Waals surface area (Å²) in [6.07, 6.45) is 6.46. The maximum absolute atomic E-state index is 14.6. The molecule has 1 fully saturated rings. The van der Waals surface area contributed by atoms with Gasteiger partial charge in [0.1, 0.15) is 13.2 Å². The number of benzene rings is 1. The summed E-state index contributed by atoms with van der Waals surface area (Å²) in [5.74, 6) is -0.0562. The minimum atomic E-state index is -0.508. The molecule has 0 unspecified atom stereocenters. The van der Waals surface area contributed by atoms with Gasteiger partial charge in [-0.05, 0) is 43.5 Å². The first kappa shape index (κ1) is 19.3. The Morgan fingerprint density at radius 1 is 1.30 bits per heavy atom. The fourth-order valence-corrected chi connectivity index (χ4v) is 2.93. The van der Waals surface area contributed by atoms with Gasteiger partial charge in [-0.15, -0.1) is 0 Å². The Morgan fingerprint density at radius 2 is 2.13 bits per heavy atom. The standard InChI is InChI=1S/C21H18FN7O/c1-14-9-25-20(27-16-10-26-29(11-16)7-6-23)28-19(14)15-2-3-18(17(22)8-15)30-13-21(12-24)4-5-21/h2-3,8-11H,4-5,7,13H2,1H3,(H,25,27,28). The zero-order valence-electron chi connectivity index (χ0n) is 16.3. The van der Waals surface area contributed by atoms with Crippen LogP contribution in [0.2, 0.25) is 0 Å². The third kappa shape index (κ3) is 4.06. The zero-order valence-corrected chi connectivity index (χ0v) is 16.3. The summed E-state index contributed by atoms with van der Waals surface area (Å²) < 4.78 is 21.6. The van der Waals surface area contributed by atoms with E-state index in [1.165, 1.54) is 10.7 Å². The van der Waals surface area contributed by atoms with Crippen LogP contribution in [0.3, 0.4) is 0 Å². The summed E-state index contributed by atoms with van der Waals surface area (Å²) in [6.45, 7) is 2.18. The van der Waals surface area contributed by atoms with Crippen molar-refractivity contribution in [1.82, 2.24) is 19.7 Å². The van der Waals surface area contributed by atoms with Crippen molar-refractivity contribution in [1.29, 1.82) is 10.5 Å². The first-order valence-corrected chi connectivity index (χ1v) is 9.36. The summed E-state index contributed by atoms with van der Waals surface area (Å²) in [4.78, 5) is 8.75. The Balaban J connectivity index is 1.53. The molecule has 0 atom stereocenters. The molecule has 1 N–H and O–H groups in total. The number of rotatable bonds is 7. The van der Waals surface area contributed by atoms with Crippen LogP contribution < -0.4 is 10.1 Å². The Morgan fingerprint density at radius 3 is 2.83 bits per heavy atom. The van der Waals surface area contributed by atoms with Gasteiger partial charge in [-0.1, -0.05) is 0 Å². The van der Waals surface area contributed by atoms with E-state index in [0.717, 1.165) is 18.4 Å². The van der Waals surface area contributed by atoms with Crippen LogP contribution in [-0.4, -0.2) is 26.4 Å². The molecule has 1 saturated carbocycles. The fourth-order valence-electron chi connectivity index (χ4n) is 2.93. The fraction of sp³-hybridized carbons (Fsp3) is 0.286. The molecule has 30 heavy (non-hydrogen) atoms. The van der Waals surface area contributed by atoms with Gasteiger partial charge in [0.2, 0.25) is 5.95 Å². The highest BCUT2D eigenvalue weighted by Crippen LogP contribution is 2.45. The van der Waals surface area contributed by atoms with Crippen LogP contribution in [0.25, 0.3) is 11.3 Å². The van der Waals surface area contributed by atoms with Crippen LogP contribution in [0.4, 0.5) is 16.0 Å². The molecule has 0 spiro atoms. The van der Waals surface area contributed by atoms with Gasteiger partial charge in [0.25, 0.3) is 0 Å². The lowest BCUT2D eigenvalue weighted by Gasteiger charge is -2.12. The molecule has 1 aliphatic carbocycles. The van der Waals surface area contributed by atoms with E-state index >= 15 is 0 Å². The maximum Gasteiger partial charge on any atom is 0.227 e. The van der Waals surface area contributed by atoms with Crippen molar-refractivity contribution in [3.63, 3.8) is 0 Å². The lowest BCUT2D eigenvalue weighted by molar-refractivity contribution is 0.257. The van der Waals surface area contributed by atoms with Crippen molar-refractivity contribution in [2.24, 2.45) is 5.41 Å². The molecule has 1 aromatic carbocycles. The number of aromatic nitrogens is 4. The van der Waals surface area contributed by atoms with Crippen molar-refractivity contribution in [2.75, 3.05) is 11.9 Å². The summed E-state index contributed by atoms with van der Waals surface area (Å²) in [5.41, 5.74) is 2.13. The first-order chi connectivity index (χ1) is 14.5. The van der Waals surface area contributed by atoms with Crippen LogP contribution in [0.1, 0.15) is 18.4 Å². The van der Waals surface area contributed by atoms with Crippen molar-refractivity contribution in [3.05, 3.63) is 48.2 Å².